The Bertz CT molecular complexity index is 953. The largest absolute Gasteiger partial charge is 0.496 e. The number of benzene rings is 2. The molecule has 0 atom stereocenters. The summed E-state index contributed by atoms with van der Waals surface area (Å²) < 4.78 is 45.9. The van der Waals surface area contributed by atoms with E-state index in [0.29, 0.717) is 44.0 Å². The zero-order chi connectivity index (χ0) is 20.3. The van der Waals surface area contributed by atoms with Crippen LogP contribution < -0.4 is 4.74 Å². The molecule has 2 aromatic rings. The van der Waals surface area contributed by atoms with E-state index in [4.69, 9.17) is 4.74 Å². The van der Waals surface area contributed by atoms with Gasteiger partial charge in [0.2, 0.25) is 10.0 Å². The van der Waals surface area contributed by atoms with Gasteiger partial charge in [-0.25, -0.2) is 12.8 Å². The van der Waals surface area contributed by atoms with Crippen LogP contribution in [-0.4, -0.2) is 56.7 Å². The third-order valence-corrected chi connectivity index (χ3v) is 6.78. The van der Waals surface area contributed by atoms with Crippen molar-refractivity contribution in [3.63, 3.8) is 0 Å². The molecule has 2 aromatic carbocycles. The summed E-state index contributed by atoms with van der Waals surface area (Å²) in [4.78, 5) is 13.6. The number of piperazine rings is 1. The molecule has 0 amide bonds. The number of halogens is 1. The Labute approximate surface area is 164 Å². The molecule has 0 N–H and O–H groups in total. The fraction of sp³-hybridized carbons (Fsp3) is 0.350. The Kier molecular flexibility index (Phi) is 6.12. The first-order valence-electron chi connectivity index (χ1n) is 8.97. The summed E-state index contributed by atoms with van der Waals surface area (Å²) in [5, 5.41) is 0. The molecule has 8 heteroatoms. The number of sulfonamides is 1. The summed E-state index contributed by atoms with van der Waals surface area (Å²) in [6.45, 7) is 3.68. The van der Waals surface area contributed by atoms with Gasteiger partial charge in [0.15, 0.2) is 5.78 Å². The van der Waals surface area contributed by atoms with Gasteiger partial charge in [-0.1, -0.05) is 12.1 Å². The van der Waals surface area contributed by atoms with Crippen LogP contribution in [0.4, 0.5) is 4.39 Å². The molecule has 0 aromatic heterocycles. The van der Waals surface area contributed by atoms with Crippen LogP contribution in [0.3, 0.4) is 0 Å². The summed E-state index contributed by atoms with van der Waals surface area (Å²) in [6, 6.07) is 10.4. The van der Waals surface area contributed by atoms with Crippen LogP contribution in [0.5, 0.6) is 5.75 Å². The normalized spacial score (nSPS) is 16.1. The second-order valence-corrected chi connectivity index (χ2v) is 8.65. The Hall–Kier alpha value is -2.29. The molecule has 6 nitrogen and oxygen atoms in total. The molecule has 0 unspecified atom stereocenters. The van der Waals surface area contributed by atoms with Gasteiger partial charge in [0.05, 0.1) is 12.0 Å². The van der Waals surface area contributed by atoms with Gasteiger partial charge >= 0.3 is 0 Å². The molecule has 0 saturated carbocycles. The zero-order valence-corrected chi connectivity index (χ0v) is 16.7. The first kappa shape index (κ1) is 20.4. The van der Waals surface area contributed by atoms with Crippen molar-refractivity contribution in [3.05, 3.63) is 59.4 Å². The van der Waals surface area contributed by atoms with Crippen molar-refractivity contribution >= 4 is 15.8 Å². The van der Waals surface area contributed by atoms with E-state index < -0.39 is 10.0 Å². The third-order valence-electron chi connectivity index (χ3n) is 4.87. The van der Waals surface area contributed by atoms with Crippen molar-refractivity contribution in [1.82, 2.24) is 9.21 Å². The van der Waals surface area contributed by atoms with Crippen LogP contribution in [0.2, 0.25) is 0 Å². The van der Waals surface area contributed by atoms with Crippen LogP contribution in [0.25, 0.3) is 0 Å². The summed E-state index contributed by atoms with van der Waals surface area (Å²) in [7, 11) is -2.07. The molecule has 1 fully saturated rings. The number of ketones is 1. The highest BCUT2D eigenvalue weighted by Gasteiger charge is 2.28. The first-order valence-corrected chi connectivity index (χ1v) is 10.4. The molecule has 0 spiro atoms. The second-order valence-electron chi connectivity index (χ2n) is 6.72. The van der Waals surface area contributed by atoms with E-state index in [0.717, 1.165) is 5.56 Å². The van der Waals surface area contributed by atoms with Crippen LogP contribution >= 0.6 is 0 Å². The van der Waals surface area contributed by atoms with Crippen LogP contribution in [0, 0.1) is 5.82 Å². The molecule has 28 heavy (non-hydrogen) atoms. The van der Waals surface area contributed by atoms with Crippen molar-refractivity contribution in [3.8, 4) is 5.75 Å². The Morgan fingerprint density at radius 1 is 1.07 bits per heavy atom. The zero-order valence-electron chi connectivity index (χ0n) is 15.9. The SMILES string of the molecule is COc1ccc(F)cc1CN1CCN(S(=O)(=O)c2ccc(C(C)=O)cc2)CC1. The van der Waals surface area contributed by atoms with Gasteiger partial charge < -0.3 is 4.74 Å². The van der Waals surface area contributed by atoms with Gasteiger partial charge in [-0.15, -0.1) is 0 Å². The third kappa shape index (κ3) is 4.40. The van der Waals surface area contributed by atoms with Crippen molar-refractivity contribution in [2.45, 2.75) is 18.4 Å². The number of hydrogen-bond donors (Lipinski definition) is 0. The average Bonchev–Trinajstić information content (AvgIpc) is 2.68. The van der Waals surface area contributed by atoms with E-state index >= 15 is 0 Å². The number of hydrogen-bond acceptors (Lipinski definition) is 5. The van der Waals surface area contributed by atoms with Crippen LogP contribution in [-0.2, 0) is 16.6 Å². The van der Waals surface area contributed by atoms with Gasteiger partial charge in [-0.05, 0) is 37.3 Å². The summed E-state index contributed by atoms with van der Waals surface area (Å²) >= 11 is 0. The van der Waals surface area contributed by atoms with Gasteiger partial charge in [0.25, 0.3) is 0 Å². The van der Waals surface area contributed by atoms with Gasteiger partial charge in [-0.3, -0.25) is 9.69 Å². The van der Waals surface area contributed by atoms with E-state index in [1.807, 2.05) is 0 Å². The van der Waals surface area contributed by atoms with Crippen molar-refractivity contribution in [1.29, 1.82) is 0 Å². The lowest BCUT2D eigenvalue weighted by Gasteiger charge is -2.34. The van der Waals surface area contributed by atoms with Gasteiger partial charge in [0.1, 0.15) is 11.6 Å². The van der Waals surface area contributed by atoms with Crippen LogP contribution in [0.1, 0.15) is 22.8 Å². The molecule has 1 aliphatic rings. The lowest BCUT2D eigenvalue weighted by molar-refractivity contribution is 0.101. The molecule has 1 aliphatic heterocycles. The maximum Gasteiger partial charge on any atom is 0.243 e. The lowest BCUT2D eigenvalue weighted by Crippen LogP contribution is -2.48. The molecule has 1 saturated heterocycles. The van der Waals surface area contributed by atoms with Gasteiger partial charge in [0, 0.05) is 43.9 Å². The summed E-state index contributed by atoms with van der Waals surface area (Å²) in [6.07, 6.45) is 0. The van der Waals surface area contributed by atoms with E-state index in [1.165, 1.54) is 47.6 Å². The summed E-state index contributed by atoms with van der Waals surface area (Å²) in [5.74, 6) is 0.179. The van der Waals surface area contributed by atoms with Crippen molar-refractivity contribution < 1.29 is 22.3 Å². The Balaban J connectivity index is 1.66. The molecule has 0 bridgehead atoms. The standard InChI is InChI=1S/C20H23FN2O4S/c1-15(24)16-3-6-19(7-4-16)28(25,26)23-11-9-22(10-12-23)14-17-13-18(21)5-8-20(17)27-2/h3-8,13H,9-12,14H2,1-2H3. The van der Waals surface area contributed by atoms with E-state index in [9.17, 15) is 17.6 Å². The molecule has 0 radical (unpaired) electrons. The van der Waals surface area contributed by atoms with Crippen LogP contribution in [0.15, 0.2) is 47.4 Å². The average molecular weight is 406 g/mol. The van der Waals surface area contributed by atoms with Gasteiger partial charge in [-0.2, -0.15) is 4.31 Å². The smallest absolute Gasteiger partial charge is 0.243 e. The number of rotatable bonds is 6. The fourth-order valence-electron chi connectivity index (χ4n) is 3.25. The van der Waals surface area contributed by atoms with E-state index in [2.05, 4.69) is 4.90 Å². The predicted octanol–water partition coefficient (Wildman–Crippen LogP) is 2.54. The minimum absolute atomic E-state index is 0.106. The number of carbonyl (C=O) groups is 1. The van der Waals surface area contributed by atoms with E-state index in [1.54, 1.807) is 13.2 Å². The number of Topliss-reactive ketones (excluding diaryl/α,β-unsaturated/α-hetero) is 1. The number of nitrogens with zero attached hydrogens (tertiary/aromatic N) is 2. The molecule has 150 valence electrons. The molecular weight excluding hydrogens is 383 g/mol. The lowest BCUT2D eigenvalue weighted by atomic mass is 10.1. The highest BCUT2D eigenvalue weighted by Crippen LogP contribution is 2.23. The highest BCUT2D eigenvalue weighted by atomic mass is 32.2. The van der Waals surface area contributed by atoms with E-state index in [-0.39, 0.29) is 16.5 Å². The fourth-order valence-corrected chi connectivity index (χ4v) is 4.67. The number of ether oxygens (including phenoxy) is 1. The maximum absolute atomic E-state index is 13.5. The van der Waals surface area contributed by atoms with Crippen molar-refractivity contribution in [2.75, 3.05) is 33.3 Å². The molecule has 1 heterocycles. The predicted molar refractivity (Wildman–Crippen MR) is 103 cm³/mol. The second kappa shape index (κ2) is 8.38. The molecule has 0 aliphatic carbocycles. The number of methoxy groups -OCH3 is 1. The monoisotopic (exact) mass is 406 g/mol. The highest BCUT2D eigenvalue weighted by molar-refractivity contribution is 7.89. The number of carbonyl (C=O) groups excluding carboxylic acids is 1. The van der Waals surface area contributed by atoms with Crippen molar-refractivity contribution in [2.24, 2.45) is 0 Å². The minimum atomic E-state index is -3.61. The topological polar surface area (TPSA) is 66.9 Å². The Morgan fingerprint density at radius 3 is 2.29 bits per heavy atom. The first-order chi connectivity index (χ1) is 13.3. The maximum atomic E-state index is 13.5. The molecular formula is C20H23FN2O4S. The minimum Gasteiger partial charge on any atom is -0.496 e. The summed E-state index contributed by atoms with van der Waals surface area (Å²) in [5.41, 5.74) is 1.21. The quantitative estimate of drug-likeness (QED) is 0.690. The Morgan fingerprint density at radius 2 is 1.71 bits per heavy atom. The molecule has 3 rings (SSSR count).